The van der Waals surface area contributed by atoms with Crippen LogP contribution in [-0.2, 0) is 6.42 Å². The first-order valence-electron chi connectivity index (χ1n) is 4.02. The minimum Gasteiger partial charge on any atom is -0.446 e. The highest BCUT2D eigenvalue weighted by Gasteiger charge is 2.04. The van der Waals surface area contributed by atoms with E-state index in [4.69, 9.17) is 4.42 Å². The van der Waals surface area contributed by atoms with Gasteiger partial charge in [-0.1, -0.05) is 6.92 Å². The summed E-state index contributed by atoms with van der Waals surface area (Å²) in [7, 11) is 0. The lowest BCUT2D eigenvalue weighted by molar-refractivity contribution is 0.599. The maximum atomic E-state index is 5.19. The lowest BCUT2D eigenvalue weighted by Crippen LogP contribution is -1.94. The normalized spacial score (nSPS) is 10.8. The molecule has 0 aromatic carbocycles. The van der Waals surface area contributed by atoms with E-state index in [0.29, 0.717) is 5.71 Å². The molecule has 0 amide bonds. The monoisotopic (exact) mass is 162 g/mol. The molecule has 0 aliphatic carbocycles. The van der Waals surface area contributed by atoms with Crippen LogP contribution in [-0.4, -0.2) is 9.97 Å². The van der Waals surface area contributed by atoms with Gasteiger partial charge in [0.25, 0.3) is 0 Å². The average Bonchev–Trinajstić information content (AvgIpc) is 2.52. The van der Waals surface area contributed by atoms with Crippen LogP contribution in [0.4, 0.5) is 0 Å². The number of hydrogen-bond acceptors (Lipinski definition) is 3. The van der Waals surface area contributed by atoms with E-state index < -0.39 is 0 Å². The van der Waals surface area contributed by atoms with Crippen LogP contribution in [0.15, 0.2) is 16.7 Å². The molecular weight excluding hydrogens is 152 g/mol. The largest absolute Gasteiger partial charge is 0.446 e. The molecule has 0 bridgehead atoms. The Balaban J connectivity index is 2.75. The van der Waals surface area contributed by atoms with Crippen LogP contribution in [0.25, 0.3) is 11.1 Å². The van der Waals surface area contributed by atoms with Crippen molar-refractivity contribution in [1.29, 1.82) is 0 Å². The third-order valence-electron chi connectivity index (χ3n) is 1.88. The Kier molecular flexibility index (Phi) is 1.57. The van der Waals surface area contributed by atoms with Crippen molar-refractivity contribution in [3.8, 4) is 0 Å². The first kappa shape index (κ1) is 7.28. The molecule has 0 aliphatic rings. The fourth-order valence-corrected chi connectivity index (χ4v) is 1.22. The van der Waals surface area contributed by atoms with Crippen molar-refractivity contribution < 1.29 is 4.42 Å². The molecule has 2 aromatic rings. The fraction of sp³-hybridized carbons (Fsp3) is 0.333. The van der Waals surface area contributed by atoms with E-state index in [1.165, 1.54) is 0 Å². The molecule has 3 nitrogen and oxygen atoms in total. The predicted octanol–water partition coefficient (Wildman–Crippen LogP) is 2.09. The second-order valence-corrected chi connectivity index (χ2v) is 2.72. The van der Waals surface area contributed by atoms with Gasteiger partial charge in [-0.25, -0.2) is 4.98 Å². The van der Waals surface area contributed by atoms with Gasteiger partial charge >= 0.3 is 0 Å². The number of fused-ring (bicyclic) bond motifs is 1. The highest BCUT2D eigenvalue weighted by atomic mass is 16.3. The highest BCUT2D eigenvalue weighted by molar-refractivity contribution is 5.75. The smallest absolute Gasteiger partial charge is 0.229 e. The van der Waals surface area contributed by atoms with Crippen LogP contribution >= 0.6 is 0 Å². The average molecular weight is 162 g/mol. The van der Waals surface area contributed by atoms with Crippen LogP contribution in [0.2, 0.25) is 0 Å². The topological polar surface area (TPSA) is 38.9 Å². The van der Waals surface area contributed by atoms with Gasteiger partial charge in [-0.15, -0.1) is 0 Å². The Hall–Kier alpha value is -1.38. The molecule has 0 aliphatic heterocycles. The van der Waals surface area contributed by atoms with Crippen LogP contribution in [0.5, 0.6) is 0 Å². The van der Waals surface area contributed by atoms with Gasteiger partial charge in [0, 0.05) is 6.42 Å². The van der Waals surface area contributed by atoms with Crippen molar-refractivity contribution in [1.82, 2.24) is 9.97 Å². The van der Waals surface area contributed by atoms with Crippen LogP contribution in [0, 0.1) is 6.92 Å². The zero-order chi connectivity index (χ0) is 8.55. The van der Waals surface area contributed by atoms with Gasteiger partial charge < -0.3 is 4.42 Å². The molecule has 0 radical (unpaired) electrons. The van der Waals surface area contributed by atoms with E-state index in [1.807, 2.05) is 19.9 Å². The SMILES string of the molecule is CCc1nc(C)c2ccoc2n1. The van der Waals surface area contributed by atoms with Crippen molar-refractivity contribution in [3.05, 3.63) is 23.8 Å². The van der Waals surface area contributed by atoms with Crippen molar-refractivity contribution in [3.63, 3.8) is 0 Å². The van der Waals surface area contributed by atoms with Gasteiger partial charge in [-0.3, -0.25) is 0 Å². The molecule has 0 saturated heterocycles. The van der Waals surface area contributed by atoms with Gasteiger partial charge in [0.1, 0.15) is 5.82 Å². The molecule has 0 saturated carbocycles. The molecule has 0 fully saturated rings. The number of aryl methyl sites for hydroxylation is 2. The fourth-order valence-electron chi connectivity index (χ4n) is 1.22. The number of furan rings is 1. The lowest BCUT2D eigenvalue weighted by atomic mass is 10.3. The molecule has 2 aromatic heterocycles. The Bertz CT molecular complexity index is 406. The third kappa shape index (κ3) is 0.978. The number of nitrogens with zero attached hydrogens (tertiary/aromatic N) is 2. The van der Waals surface area contributed by atoms with E-state index in [1.54, 1.807) is 6.26 Å². The summed E-state index contributed by atoms with van der Waals surface area (Å²) >= 11 is 0. The summed E-state index contributed by atoms with van der Waals surface area (Å²) in [5.41, 5.74) is 1.69. The molecule has 2 rings (SSSR count). The highest BCUT2D eigenvalue weighted by Crippen LogP contribution is 2.15. The van der Waals surface area contributed by atoms with Crippen molar-refractivity contribution >= 4 is 11.1 Å². The molecule has 0 unspecified atom stereocenters. The van der Waals surface area contributed by atoms with Crippen molar-refractivity contribution in [2.45, 2.75) is 20.3 Å². The summed E-state index contributed by atoms with van der Waals surface area (Å²) in [6.45, 7) is 4.00. The summed E-state index contributed by atoms with van der Waals surface area (Å²) in [4.78, 5) is 8.56. The molecule has 12 heavy (non-hydrogen) atoms. The first-order chi connectivity index (χ1) is 5.81. The maximum Gasteiger partial charge on any atom is 0.229 e. The Morgan fingerprint density at radius 1 is 1.42 bits per heavy atom. The number of hydrogen-bond donors (Lipinski definition) is 0. The van der Waals surface area contributed by atoms with Gasteiger partial charge in [-0.2, -0.15) is 4.98 Å². The second kappa shape index (κ2) is 2.59. The van der Waals surface area contributed by atoms with E-state index >= 15 is 0 Å². The quantitative estimate of drug-likeness (QED) is 0.644. The number of aromatic nitrogens is 2. The van der Waals surface area contributed by atoms with Crippen LogP contribution in [0.1, 0.15) is 18.4 Å². The third-order valence-corrected chi connectivity index (χ3v) is 1.88. The Morgan fingerprint density at radius 3 is 3.00 bits per heavy atom. The predicted molar refractivity (Wildman–Crippen MR) is 45.9 cm³/mol. The van der Waals surface area contributed by atoms with Crippen molar-refractivity contribution in [2.24, 2.45) is 0 Å². The number of rotatable bonds is 1. The molecule has 2 heterocycles. The van der Waals surface area contributed by atoms with E-state index in [9.17, 15) is 0 Å². The van der Waals surface area contributed by atoms with Gasteiger partial charge in [-0.05, 0) is 13.0 Å². The lowest BCUT2D eigenvalue weighted by Gasteiger charge is -1.97. The summed E-state index contributed by atoms with van der Waals surface area (Å²) in [5, 5.41) is 1.01. The first-order valence-corrected chi connectivity index (χ1v) is 4.02. The molecule has 3 heteroatoms. The summed E-state index contributed by atoms with van der Waals surface area (Å²) in [6.07, 6.45) is 2.49. The van der Waals surface area contributed by atoms with Crippen molar-refractivity contribution in [2.75, 3.05) is 0 Å². The van der Waals surface area contributed by atoms with Gasteiger partial charge in [0.05, 0.1) is 17.3 Å². The van der Waals surface area contributed by atoms with E-state index in [2.05, 4.69) is 9.97 Å². The second-order valence-electron chi connectivity index (χ2n) is 2.72. The Labute approximate surface area is 70.4 Å². The van der Waals surface area contributed by atoms with Crippen LogP contribution < -0.4 is 0 Å². The molecule has 0 N–H and O–H groups in total. The van der Waals surface area contributed by atoms with Gasteiger partial charge in [0.15, 0.2) is 0 Å². The molecule has 62 valence electrons. The minimum absolute atomic E-state index is 0.694. The zero-order valence-electron chi connectivity index (χ0n) is 7.16. The van der Waals surface area contributed by atoms with E-state index in [0.717, 1.165) is 23.3 Å². The summed E-state index contributed by atoms with van der Waals surface area (Å²) in [6, 6.07) is 1.89. The summed E-state index contributed by atoms with van der Waals surface area (Å²) in [5.74, 6) is 0.843. The molecule has 0 atom stereocenters. The standard InChI is InChI=1S/C9H10N2O/c1-3-8-10-6(2)7-4-5-12-9(7)11-8/h4-5H,3H2,1-2H3. The van der Waals surface area contributed by atoms with E-state index in [-0.39, 0.29) is 0 Å². The zero-order valence-corrected chi connectivity index (χ0v) is 7.16. The molecular formula is C9H10N2O. The summed E-state index contributed by atoms with van der Waals surface area (Å²) < 4.78 is 5.19. The maximum absolute atomic E-state index is 5.19. The Morgan fingerprint density at radius 2 is 2.25 bits per heavy atom. The molecule has 0 spiro atoms. The minimum atomic E-state index is 0.694. The van der Waals surface area contributed by atoms with Gasteiger partial charge in [0.2, 0.25) is 5.71 Å². The van der Waals surface area contributed by atoms with Crippen LogP contribution in [0.3, 0.4) is 0 Å².